The van der Waals surface area contributed by atoms with Gasteiger partial charge in [0.2, 0.25) is 0 Å². The first-order chi connectivity index (χ1) is 26.8. The predicted molar refractivity (Wildman–Crippen MR) is 215 cm³/mol. The molecule has 0 saturated carbocycles. The molecule has 0 aliphatic carbocycles. The molecule has 0 fully saturated rings. The molecule has 0 saturated heterocycles. The minimum absolute atomic E-state index is 0. The third-order valence-electron chi connectivity index (χ3n) is 10.2. The number of carboxylic acid groups (broad SMARTS) is 2. The molecule has 2 aliphatic rings. The van der Waals surface area contributed by atoms with Gasteiger partial charge in [-0.15, -0.1) is 22.1 Å². The average Bonchev–Trinajstić information content (AvgIpc) is 3.82. The fourth-order valence-electron chi connectivity index (χ4n) is 7.27. The van der Waals surface area contributed by atoms with Crippen LogP contribution in [0.15, 0.2) is 24.3 Å². The van der Waals surface area contributed by atoms with Crippen molar-refractivity contribution in [2.75, 3.05) is 46.2 Å². The van der Waals surface area contributed by atoms with E-state index in [0.29, 0.717) is 77.9 Å². The molecule has 2 unspecified atom stereocenters. The van der Waals surface area contributed by atoms with Crippen molar-refractivity contribution < 1.29 is 60.9 Å². The van der Waals surface area contributed by atoms with Crippen molar-refractivity contribution in [3.63, 3.8) is 0 Å². The predicted octanol–water partition coefficient (Wildman–Crippen LogP) is 6.85. The molecule has 307 valence electrons. The summed E-state index contributed by atoms with van der Waals surface area (Å²) in [5, 5.41) is 28.4. The number of allylic oxidation sites excluding steroid dienone is 3. The zero-order valence-electron chi connectivity index (χ0n) is 33.9. The number of carbonyl (C=O) groups is 2. The van der Waals surface area contributed by atoms with Gasteiger partial charge in [0.25, 0.3) is 0 Å². The van der Waals surface area contributed by atoms with E-state index in [1.54, 1.807) is 0 Å². The Hall–Kier alpha value is -4.14. The Bertz CT molecular complexity index is 2150. The zero-order valence-corrected chi connectivity index (χ0v) is 35.1. The Morgan fingerprint density at radius 3 is 1.88 bits per heavy atom. The summed E-state index contributed by atoms with van der Waals surface area (Å²) in [6, 6.07) is 7.66. The minimum Gasteiger partial charge on any atom is -0.657 e. The van der Waals surface area contributed by atoms with E-state index in [4.69, 9.17) is 44.0 Å². The number of hydrogen-bond acceptors (Lipinski definition) is 9. The standard InChI is InChI=1S/C43H56N4O9.Mn/c1-8-14-53-16-18-55-29(7)43-27(5)35-22-39-42(28(6)56-19-17-54-15-13-48)26(4)34(46-39)20-32-24(2)30(9-11-40(49)50)36(44-32)23-37-31(10-12-41(51)52)25(3)33(45-37)21-38(43)47-35;/h20-23,28-29,48H,8-19H2,1-7H3,(H4,44,45,46,47,49,50,51,52);/q;+2/p-2. The number of aliphatic carboxylic acids is 2. The fraction of sp³-hybridized carbons (Fsp3) is 0.488. The van der Waals surface area contributed by atoms with Crippen LogP contribution in [0, 0.1) is 13.8 Å². The van der Waals surface area contributed by atoms with Crippen molar-refractivity contribution in [2.24, 2.45) is 0 Å². The number of nitrogens with zero attached hydrogens (tertiary/aromatic N) is 4. The second kappa shape index (κ2) is 21.0. The van der Waals surface area contributed by atoms with Crippen LogP contribution in [0.1, 0.15) is 111 Å². The van der Waals surface area contributed by atoms with Crippen molar-refractivity contribution in [2.45, 2.75) is 92.8 Å². The molecule has 0 aromatic carbocycles. The summed E-state index contributed by atoms with van der Waals surface area (Å²) < 4.78 is 23.7. The topological polar surface area (TPSA) is 186 Å². The van der Waals surface area contributed by atoms with Crippen LogP contribution in [0.5, 0.6) is 0 Å². The number of fused-ring (bicyclic) bond motifs is 8. The summed E-state index contributed by atoms with van der Waals surface area (Å²) in [5.74, 6) is -1.84. The van der Waals surface area contributed by atoms with Crippen molar-refractivity contribution >= 4 is 56.3 Å². The average molecular weight is 826 g/mol. The molecule has 2 atom stereocenters. The van der Waals surface area contributed by atoms with E-state index >= 15 is 0 Å². The molecule has 14 heteroatoms. The van der Waals surface area contributed by atoms with Crippen molar-refractivity contribution in [3.8, 4) is 0 Å². The van der Waals surface area contributed by atoms with Gasteiger partial charge in [0, 0.05) is 25.0 Å². The molecule has 5 heterocycles. The van der Waals surface area contributed by atoms with Gasteiger partial charge in [-0.1, -0.05) is 47.9 Å². The summed E-state index contributed by atoms with van der Waals surface area (Å²) in [7, 11) is 0. The Labute approximate surface area is 344 Å². The van der Waals surface area contributed by atoms with Crippen LogP contribution < -0.4 is 9.97 Å². The van der Waals surface area contributed by atoms with E-state index in [1.807, 2.05) is 65.8 Å². The first-order valence-electron chi connectivity index (χ1n) is 19.3. The normalized spacial score (nSPS) is 13.9. The Balaban J connectivity index is 0.00000720. The smallest absolute Gasteiger partial charge is 0.657 e. The Morgan fingerprint density at radius 1 is 0.667 bits per heavy atom. The van der Waals surface area contributed by atoms with Crippen molar-refractivity contribution in [3.05, 3.63) is 69.3 Å². The van der Waals surface area contributed by atoms with Gasteiger partial charge in [0.1, 0.15) is 0 Å². The molecule has 3 N–H and O–H groups in total. The quantitative estimate of drug-likeness (QED) is 0.0795. The number of rotatable bonds is 20. The first-order valence-corrected chi connectivity index (χ1v) is 19.3. The number of aryl methyl sites for hydroxylation is 3. The second-order valence-electron chi connectivity index (χ2n) is 14.2. The van der Waals surface area contributed by atoms with Gasteiger partial charge >= 0.3 is 29.0 Å². The molecule has 57 heavy (non-hydrogen) atoms. The Kier molecular flexibility index (Phi) is 16.8. The van der Waals surface area contributed by atoms with Gasteiger partial charge in [-0.25, -0.2) is 9.97 Å². The number of aliphatic hydroxyl groups is 1. The monoisotopic (exact) mass is 825 g/mol. The van der Waals surface area contributed by atoms with E-state index in [-0.39, 0.29) is 68.2 Å². The number of ether oxygens (including phenoxy) is 4. The fourth-order valence-corrected chi connectivity index (χ4v) is 7.27. The van der Waals surface area contributed by atoms with E-state index in [2.05, 4.69) is 6.92 Å². The van der Waals surface area contributed by atoms with Crippen LogP contribution in [0.4, 0.5) is 0 Å². The van der Waals surface area contributed by atoms with E-state index in [1.165, 1.54) is 0 Å². The third-order valence-corrected chi connectivity index (χ3v) is 10.2. The molecular weight excluding hydrogens is 771 g/mol. The Morgan fingerprint density at radius 2 is 1.21 bits per heavy atom. The molecule has 3 aromatic rings. The van der Waals surface area contributed by atoms with E-state index in [9.17, 15) is 19.8 Å². The minimum atomic E-state index is -0.921. The first kappa shape index (κ1) is 45.6. The van der Waals surface area contributed by atoms with E-state index < -0.39 is 11.9 Å². The molecule has 2 aliphatic heterocycles. The molecule has 3 aromatic heterocycles. The van der Waals surface area contributed by atoms with Gasteiger partial charge in [-0.2, -0.15) is 0 Å². The van der Waals surface area contributed by atoms with Crippen molar-refractivity contribution in [1.29, 1.82) is 0 Å². The molecular formula is C43H54MnN4O9. The summed E-state index contributed by atoms with van der Waals surface area (Å²) in [4.78, 5) is 43.9. The summed E-state index contributed by atoms with van der Waals surface area (Å²) in [6.07, 6.45) is 0.537. The molecule has 0 spiro atoms. The third kappa shape index (κ3) is 11.1. The van der Waals surface area contributed by atoms with Gasteiger partial charge in [0.05, 0.1) is 74.6 Å². The molecule has 1 radical (unpaired) electrons. The largest absolute Gasteiger partial charge is 2.00 e. The maximum Gasteiger partial charge on any atom is 2.00 e. The zero-order chi connectivity index (χ0) is 40.5. The molecule has 0 amide bonds. The number of carboxylic acids is 2. The summed E-state index contributed by atoms with van der Waals surface area (Å²) >= 11 is 0. The van der Waals surface area contributed by atoms with Gasteiger partial charge in [-0.3, -0.25) is 9.59 Å². The summed E-state index contributed by atoms with van der Waals surface area (Å²) in [5.41, 5.74) is 12.1. The number of aliphatic hydroxyl groups excluding tert-OH is 1. The van der Waals surface area contributed by atoms with Gasteiger partial charge < -0.3 is 44.2 Å². The molecule has 5 rings (SSSR count). The molecule has 8 bridgehead atoms. The van der Waals surface area contributed by atoms with Crippen LogP contribution in [0.2, 0.25) is 0 Å². The summed E-state index contributed by atoms with van der Waals surface area (Å²) in [6.45, 7) is 16.2. The number of hydrogen-bond donors (Lipinski definition) is 3. The maximum absolute atomic E-state index is 11.8. The SMILES string of the molecule is CCCOCCOC(C)c1c(C)c2cc3nc(cc4[n-]c(cc5nc(cc1[n-]2)C(C)=C5CCC(=O)O)c(CCC(=O)O)c4C)C(C)=C3C(C)OCCOCCO.[Mn+2]. The van der Waals surface area contributed by atoms with Crippen molar-refractivity contribution in [1.82, 2.24) is 19.9 Å². The van der Waals surface area contributed by atoms with Gasteiger partial charge in [0.15, 0.2) is 0 Å². The van der Waals surface area contributed by atoms with Crippen LogP contribution >= 0.6 is 0 Å². The van der Waals surface area contributed by atoms with Crippen LogP contribution in [-0.4, -0.2) is 89.6 Å². The van der Waals surface area contributed by atoms with E-state index in [0.717, 1.165) is 51.0 Å². The number of aromatic nitrogens is 4. The van der Waals surface area contributed by atoms with Crippen LogP contribution in [0.3, 0.4) is 0 Å². The van der Waals surface area contributed by atoms with Gasteiger partial charge in [-0.05, 0) is 83.1 Å². The van der Waals surface area contributed by atoms with Crippen LogP contribution in [-0.2, 0) is 52.0 Å². The second-order valence-corrected chi connectivity index (χ2v) is 14.2. The maximum atomic E-state index is 11.8. The molecule has 13 nitrogen and oxygen atoms in total. The van der Waals surface area contributed by atoms with Crippen LogP contribution in [0.25, 0.3) is 44.4 Å².